The van der Waals surface area contributed by atoms with Crippen molar-refractivity contribution in [3.05, 3.63) is 29.3 Å². The highest BCUT2D eigenvalue weighted by molar-refractivity contribution is 5.94. The second-order valence-corrected chi connectivity index (χ2v) is 10.6. The first-order valence-electron chi connectivity index (χ1n) is 13.4. The molecule has 1 aromatic carbocycles. The first-order valence-corrected chi connectivity index (χ1v) is 13.4. The summed E-state index contributed by atoms with van der Waals surface area (Å²) < 4.78 is 65.8. The fourth-order valence-corrected chi connectivity index (χ4v) is 5.34. The SMILES string of the molecule is CC(C)[C@H](NC1(C2CCCCC2)CCCCO1)C(=O)N[C@@H](CC(=O)O)C(=O)COc1c(F)c(F)cc(F)c1F. The van der Waals surface area contributed by atoms with Gasteiger partial charge in [-0.1, -0.05) is 33.1 Å². The fourth-order valence-electron chi connectivity index (χ4n) is 5.34. The van der Waals surface area contributed by atoms with Crippen molar-refractivity contribution >= 4 is 17.7 Å². The van der Waals surface area contributed by atoms with Crippen LogP contribution in [0, 0.1) is 35.1 Å². The highest BCUT2D eigenvalue weighted by Gasteiger charge is 2.45. The summed E-state index contributed by atoms with van der Waals surface area (Å²) in [5.74, 6) is -11.8. The average Bonchev–Trinajstić information content (AvgIpc) is 2.90. The van der Waals surface area contributed by atoms with Crippen LogP contribution in [-0.2, 0) is 19.1 Å². The highest BCUT2D eigenvalue weighted by atomic mass is 19.2. The van der Waals surface area contributed by atoms with Gasteiger partial charge in [0.05, 0.1) is 12.5 Å². The number of benzene rings is 1. The lowest BCUT2D eigenvalue weighted by atomic mass is 9.77. The minimum atomic E-state index is -1.84. The maximum absolute atomic E-state index is 13.9. The van der Waals surface area contributed by atoms with Crippen LogP contribution < -0.4 is 15.4 Å². The van der Waals surface area contributed by atoms with Crippen LogP contribution in [0.3, 0.4) is 0 Å². The molecule has 1 aliphatic carbocycles. The van der Waals surface area contributed by atoms with Crippen LogP contribution in [0.2, 0.25) is 0 Å². The molecule has 3 atom stereocenters. The van der Waals surface area contributed by atoms with Crippen LogP contribution in [0.15, 0.2) is 6.07 Å². The van der Waals surface area contributed by atoms with E-state index in [1.807, 2.05) is 0 Å². The van der Waals surface area contributed by atoms with Gasteiger partial charge in [0, 0.05) is 18.6 Å². The topological polar surface area (TPSA) is 114 Å². The second kappa shape index (κ2) is 13.6. The Morgan fingerprint density at radius 1 is 1.05 bits per heavy atom. The van der Waals surface area contributed by atoms with E-state index in [9.17, 15) is 37.1 Å². The standard InChI is InChI=1S/C27H36F4N2O6/c1-15(2)24(33-27(10-6-7-11-39-27)16-8-4-3-5-9-16)26(37)32-19(13-21(35)36)20(34)14-38-25-22(30)17(28)12-18(29)23(25)31/h12,15-16,19,24,33H,3-11,13-14H2,1-2H3,(H,32,37)(H,35,36)/t19-,24-,27?/m0/s1. The number of carboxylic acid groups (broad SMARTS) is 1. The number of rotatable bonds is 12. The van der Waals surface area contributed by atoms with E-state index in [4.69, 9.17) is 9.47 Å². The number of ketones is 1. The van der Waals surface area contributed by atoms with Gasteiger partial charge in [-0.25, -0.2) is 8.78 Å². The van der Waals surface area contributed by atoms with Crippen molar-refractivity contribution in [2.45, 2.75) is 89.4 Å². The molecule has 0 bridgehead atoms. The van der Waals surface area contributed by atoms with Gasteiger partial charge in [0.1, 0.15) is 18.4 Å². The van der Waals surface area contributed by atoms with Gasteiger partial charge >= 0.3 is 5.97 Å². The summed E-state index contributed by atoms with van der Waals surface area (Å²) in [5.41, 5.74) is -0.725. The number of aliphatic carboxylic acids is 1. The van der Waals surface area contributed by atoms with Gasteiger partial charge in [0.15, 0.2) is 23.2 Å². The van der Waals surface area contributed by atoms with Crippen molar-refractivity contribution in [1.29, 1.82) is 0 Å². The number of hydrogen-bond acceptors (Lipinski definition) is 6. The first kappa shape index (κ1) is 30.8. The Morgan fingerprint density at radius 2 is 1.69 bits per heavy atom. The van der Waals surface area contributed by atoms with Gasteiger partial charge < -0.3 is 19.9 Å². The van der Waals surface area contributed by atoms with E-state index in [1.54, 1.807) is 13.8 Å². The second-order valence-electron chi connectivity index (χ2n) is 10.6. The molecule has 12 heteroatoms. The number of nitrogens with one attached hydrogen (secondary N) is 2. The Morgan fingerprint density at radius 3 is 2.23 bits per heavy atom. The molecule has 1 aliphatic heterocycles. The first-order chi connectivity index (χ1) is 18.4. The summed E-state index contributed by atoms with van der Waals surface area (Å²) in [4.78, 5) is 37.7. The zero-order chi connectivity index (χ0) is 28.7. The number of carboxylic acids is 1. The molecule has 218 valence electrons. The molecule has 1 aromatic rings. The summed E-state index contributed by atoms with van der Waals surface area (Å²) in [5, 5.41) is 15.2. The third kappa shape index (κ3) is 7.69. The molecule has 39 heavy (non-hydrogen) atoms. The fraction of sp³-hybridized carbons (Fsp3) is 0.667. The van der Waals surface area contributed by atoms with Crippen LogP contribution in [0.5, 0.6) is 5.75 Å². The normalized spacial score (nSPS) is 21.8. The molecule has 1 saturated carbocycles. The number of hydrogen-bond donors (Lipinski definition) is 3. The number of ether oxygens (including phenoxy) is 2. The Labute approximate surface area is 224 Å². The van der Waals surface area contributed by atoms with Crippen molar-refractivity contribution in [2.24, 2.45) is 11.8 Å². The smallest absolute Gasteiger partial charge is 0.305 e. The quantitative estimate of drug-likeness (QED) is 0.259. The van der Waals surface area contributed by atoms with Crippen LogP contribution in [0.1, 0.15) is 71.6 Å². The average molecular weight is 561 g/mol. The molecule has 1 unspecified atom stereocenters. The van der Waals surface area contributed by atoms with Gasteiger partial charge in [-0.2, -0.15) is 8.78 Å². The van der Waals surface area contributed by atoms with Crippen LogP contribution in [0.4, 0.5) is 17.6 Å². The van der Waals surface area contributed by atoms with Gasteiger partial charge in [-0.15, -0.1) is 0 Å². The molecule has 2 fully saturated rings. The largest absolute Gasteiger partial charge is 0.481 e. The third-order valence-electron chi connectivity index (χ3n) is 7.43. The third-order valence-corrected chi connectivity index (χ3v) is 7.43. The van der Waals surface area contributed by atoms with Crippen LogP contribution in [0.25, 0.3) is 0 Å². The molecule has 1 saturated heterocycles. The minimum Gasteiger partial charge on any atom is -0.481 e. The van der Waals surface area contributed by atoms with Crippen molar-refractivity contribution < 1.29 is 46.5 Å². The van der Waals surface area contributed by atoms with Crippen molar-refractivity contribution in [3.8, 4) is 5.75 Å². The lowest BCUT2D eigenvalue weighted by molar-refractivity contribution is -0.160. The number of halogens is 4. The highest BCUT2D eigenvalue weighted by Crippen LogP contribution is 2.39. The molecule has 3 N–H and O–H groups in total. The van der Waals surface area contributed by atoms with E-state index < -0.39 is 77.5 Å². The number of carbonyl (C=O) groups is 3. The molecule has 0 spiro atoms. The van der Waals surface area contributed by atoms with Gasteiger partial charge in [0.25, 0.3) is 0 Å². The van der Waals surface area contributed by atoms with Crippen LogP contribution >= 0.6 is 0 Å². The predicted molar refractivity (Wildman–Crippen MR) is 132 cm³/mol. The molecule has 1 heterocycles. The maximum Gasteiger partial charge on any atom is 0.305 e. The van der Waals surface area contributed by atoms with Gasteiger partial charge in [-0.3, -0.25) is 19.7 Å². The van der Waals surface area contributed by atoms with Crippen molar-refractivity contribution in [3.63, 3.8) is 0 Å². The van der Waals surface area contributed by atoms with Gasteiger partial charge in [-0.05, 0) is 38.0 Å². The van der Waals surface area contributed by atoms with Crippen molar-refractivity contribution in [1.82, 2.24) is 10.6 Å². The number of carbonyl (C=O) groups excluding carboxylic acids is 2. The molecular weight excluding hydrogens is 524 g/mol. The van der Waals surface area contributed by atoms with Gasteiger partial charge in [0.2, 0.25) is 17.5 Å². The Balaban J connectivity index is 1.76. The zero-order valence-electron chi connectivity index (χ0n) is 22.2. The minimum absolute atomic E-state index is 0.0119. The summed E-state index contributed by atoms with van der Waals surface area (Å²) >= 11 is 0. The Bertz CT molecular complexity index is 1020. The Kier molecular flexibility index (Phi) is 10.7. The lowest BCUT2D eigenvalue weighted by Gasteiger charge is -2.47. The summed E-state index contributed by atoms with van der Waals surface area (Å²) in [6.07, 6.45) is 6.84. The Hall–Kier alpha value is -2.73. The van der Waals surface area contributed by atoms with E-state index in [0.717, 1.165) is 44.9 Å². The van der Waals surface area contributed by atoms with E-state index in [0.29, 0.717) is 13.0 Å². The van der Waals surface area contributed by atoms with E-state index in [2.05, 4.69) is 10.6 Å². The molecule has 8 nitrogen and oxygen atoms in total. The summed E-state index contributed by atoms with van der Waals surface area (Å²) in [6, 6.07) is -2.48. The molecule has 0 aromatic heterocycles. The van der Waals surface area contributed by atoms with E-state index in [1.165, 1.54) is 0 Å². The molecular formula is C27H36F4N2O6. The molecule has 1 amide bonds. The summed E-state index contributed by atoms with van der Waals surface area (Å²) in [7, 11) is 0. The lowest BCUT2D eigenvalue weighted by Crippen LogP contribution is -2.64. The summed E-state index contributed by atoms with van der Waals surface area (Å²) in [6.45, 7) is 3.01. The van der Waals surface area contributed by atoms with Crippen LogP contribution in [-0.4, -0.2) is 53.8 Å². The van der Waals surface area contributed by atoms with E-state index in [-0.39, 0.29) is 17.9 Å². The maximum atomic E-state index is 13.9. The number of Topliss-reactive ketones (excluding diaryl/α,β-unsaturated/α-hetero) is 1. The van der Waals surface area contributed by atoms with E-state index >= 15 is 0 Å². The zero-order valence-corrected chi connectivity index (χ0v) is 22.2. The molecule has 2 aliphatic rings. The predicted octanol–water partition coefficient (Wildman–Crippen LogP) is 4.24. The monoisotopic (exact) mass is 560 g/mol. The number of amides is 1. The van der Waals surface area contributed by atoms with Crippen molar-refractivity contribution in [2.75, 3.05) is 13.2 Å². The molecule has 0 radical (unpaired) electrons. The molecule has 3 rings (SSSR count).